The highest BCUT2D eigenvalue weighted by molar-refractivity contribution is 6.32. The van der Waals surface area contributed by atoms with Gasteiger partial charge < -0.3 is 10.2 Å². The van der Waals surface area contributed by atoms with Crippen LogP contribution >= 0.6 is 24.0 Å². The van der Waals surface area contributed by atoms with E-state index in [0.29, 0.717) is 5.15 Å². The van der Waals surface area contributed by atoms with Crippen LogP contribution < -0.4 is 10.2 Å². The Morgan fingerprint density at radius 3 is 2.71 bits per heavy atom. The summed E-state index contributed by atoms with van der Waals surface area (Å²) in [5.41, 5.74) is 1.05. The maximum absolute atomic E-state index is 5.98. The van der Waals surface area contributed by atoms with E-state index in [1.165, 1.54) is 0 Å². The fourth-order valence-corrected chi connectivity index (χ4v) is 1.76. The number of hydrogen-bond donors (Lipinski definition) is 1. The summed E-state index contributed by atoms with van der Waals surface area (Å²) in [6, 6.07) is 3.93. The Hall–Kier alpha value is -0.510. The zero-order valence-electron chi connectivity index (χ0n) is 7.74. The van der Waals surface area contributed by atoms with Crippen molar-refractivity contribution < 1.29 is 0 Å². The Balaban J connectivity index is 0.000000980. The second-order valence-corrected chi connectivity index (χ2v) is 3.41. The summed E-state index contributed by atoms with van der Waals surface area (Å²) in [5, 5.41) is 3.90. The largest absolute Gasteiger partial charge is 0.367 e. The fourth-order valence-electron chi connectivity index (χ4n) is 1.52. The Bertz CT molecular complexity index is 287. The predicted octanol–water partition coefficient (Wildman–Crippen LogP) is 1.57. The average molecular weight is 234 g/mol. The molecule has 1 aliphatic heterocycles. The van der Waals surface area contributed by atoms with Gasteiger partial charge in [-0.1, -0.05) is 11.6 Å². The van der Waals surface area contributed by atoms with Gasteiger partial charge >= 0.3 is 0 Å². The summed E-state index contributed by atoms with van der Waals surface area (Å²) in [6.45, 7) is 4.05. The highest BCUT2D eigenvalue weighted by atomic mass is 35.5. The van der Waals surface area contributed by atoms with Gasteiger partial charge in [0.1, 0.15) is 0 Å². The maximum Gasteiger partial charge on any atom is 0.152 e. The smallest absolute Gasteiger partial charge is 0.152 e. The van der Waals surface area contributed by atoms with Crippen LogP contribution in [0.15, 0.2) is 18.3 Å². The third kappa shape index (κ3) is 2.50. The van der Waals surface area contributed by atoms with E-state index in [4.69, 9.17) is 11.6 Å². The van der Waals surface area contributed by atoms with Gasteiger partial charge in [-0.3, -0.25) is 0 Å². The van der Waals surface area contributed by atoms with Gasteiger partial charge in [-0.25, -0.2) is 4.98 Å². The van der Waals surface area contributed by atoms with Gasteiger partial charge in [0.25, 0.3) is 0 Å². The van der Waals surface area contributed by atoms with Crippen LogP contribution in [0.4, 0.5) is 5.69 Å². The molecule has 3 nitrogen and oxygen atoms in total. The van der Waals surface area contributed by atoms with Crippen molar-refractivity contribution in [3.63, 3.8) is 0 Å². The topological polar surface area (TPSA) is 28.2 Å². The average Bonchev–Trinajstić information content (AvgIpc) is 2.20. The van der Waals surface area contributed by atoms with Crippen molar-refractivity contribution in [2.24, 2.45) is 0 Å². The number of nitrogens with one attached hydrogen (secondary N) is 1. The number of piperazine rings is 1. The molecule has 78 valence electrons. The molecule has 1 fully saturated rings. The van der Waals surface area contributed by atoms with E-state index in [1.54, 1.807) is 6.20 Å². The Morgan fingerprint density at radius 2 is 2.07 bits per heavy atom. The van der Waals surface area contributed by atoms with Gasteiger partial charge in [-0.05, 0) is 12.1 Å². The molecule has 0 spiro atoms. The molecule has 2 rings (SSSR count). The molecule has 5 heteroatoms. The van der Waals surface area contributed by atoms with Crippen LogP contribution in [0.5, 0.6) is 0 Å². The normalized spacial score (nSPS) is 16.2. The lowest BCUT2D eigenvalue weighted by Gasteiger charge is -2.29. The molecule has 0 radical (unpaired) electrons. The van der Waals surface area contributed by atoms with Gasteiger partial charge in [-0.15, -0.1) is 12.4 Å². The highest BCUT2D eigenvalue weighted by Crippen LogP contribution is 2.22. The minimum Gasteiger partial charge on any atom is -0.367 e. The minimum absolute atomic E-state index is 0. The van der Waals surface area contributed by atoms with E-state index in [9.17, 15) is 0 Å². The molecular formula is C9H13Cl2N3. The molecule has 0 amide bonds. The molecule has 1 N–H and O–H groups in total. The van der Waals surface area contributed by atoms with Crippen LogP contribution in [0.3, 0.4) is 0 Å². The summed E-state index contributed by atoms with van der Waals surface area (Å²) in [6.07, 6.45) is 1.72. The van der Waals surface area contributed by atoms with Crippen molar-refractivity contribution in [3.05, 3.63) is 23.5 Å². The van der Waals surface area contributed by atoms with E-state index in [2.05, 4.69) is 15.2 Å². The van der Waals surface area contributed by atoms with E-state index in [-0.39, 0.29) is 12.4 Å². The Morgan fingerprint density at radius 1 is 1.36 bits per heavy atom. The number of rotatable bonds is 1. The molecule has 1 aromatic rings. The molecular weight excluding hydrogens is 221 g/mol. The first-order valence-corrected chi connectivity index (χ1v) is 4.82. The van der Waals surface area contributed by atoms with E-state index >= 15 is 0 Å². The SMILES string of the molecule is Cl.Clc1ncccc1N1CCNCC1. The van der Waals surface area contributed by atoms with Crippen LogP contribution in [0.2, 0.25) is 5.15 Å². The van der Waals surface area contributed by atoms with Gasteiger partial charge in [0.15, 0.2) is 5.15 Å². The number of hydrogen-bond acceptors (Lipinski definition) is 3. The van der Waals surface area contributed by atoms with Crippen molar-refractivity contribution in [3.8, 4) is 0 Å². The molecule has 1 saturated heterocycles. The zero-order chi connectivity index (χ0) is 9.10. The molecule has 14 heavy (non-hydrogen) atoms. The first kappa shape index (κ1) is 11.6. The molecule has 0 aromatic carbocycles. The number of halogens is 2. The summed E-state index contributed by atoms with van der Waals surface area (Å²) in [7, 11) is 0. The number of aromatic nitrogens is 1. The standard InChI is InChI=1S/C9H12ClN3.ClH/c10-9-8(2-1-3-12-9)13-6-4-11-5-7-13;/h1-3,11H,4-7H2;1H. The highest BCUT2D eigenvalue weighted by Gasteiger charge is 2.12. The van der Waals surface area contributed by atoms with Gasteiger partial charge in [0.2, 0.25) is 0 Å². The summed E-state index contributed by atoms with van der Waals surface area (Å²) in [5.74, 6) is 0. The maximum atomic E-state index is 5.98. The van der Waals surface area contributed by atoms with Crippen LogP contribution in [-0.2, 0) is 0 Å². The van der Waals surface area contributed by atoms with Crippen LogP contribution in [0.1, 0.15) is 0 Å². The van der Waals surface area contributed by atoms with Crippen molar-refractivity contribution in [1.82, 2.24) is 10.3 Å². The van der Waals surface area contributed by atoms with E-state index < -0.39 is 0 Å². The monoisotopic (exact) mass is 233 g/mol. The fraction of sp³-hybridized carbons (Fsp3) is 0.444. The Labute approximate surface area is 94.9 Å². The predicted molar refractivity (Wildman–Crippen MR) is 61.6 cm³/mol. The van der Waals surface area contributed by atoms with Gasteiger partial charge in [-0.2, -0.15) is 0 Å². The van der Waals surface area contributed by atoms with Gasteiger partial charge in [0.05, 0.1) is 5.69 Å². The van der Waals surface area contributed by atoms with Crippen LogP contribution in [-0.4, -0.2) is 31.2 Å². The Kier molecular flexibility index (Phi) is 4.45. The molecule has 0 atom stereocenters. The van der Waals surface area contributed by atoms with Crippen LogP contribution in [0, 0.1) is 0 Å². The second kappa shape index (κ2) is 5.39. The second-order valence-electron chi connectivity index (χ2n) is 3.05. The number of nitrogens with zero attached hydrogens (tertiary/aromatic N) is 2. The molecule has 1 aliphatic rings. The van der Waals surface area contributed by atoms with Crippen LogP contribution in [0.25, 0.3) is 0 Å². The lowest BCUT2D eigenvalue weighted by Crippen LogP contribution is -2.43. The zero-order valence-corrected chi connectivity index (χ0v) is 9.31. The summed E-state index contributed by atoms with van der Waals surface area (Å²) < 4.78 is 0. The third-order valence-corrected chi connectivity index (χ3v) is 2.49. The third-order valence-electron chi connectivity index (χ3n) is 2.20. The summed E-state index contributed by atoms with van der Waals surface area (Å²) >= 11 is 5.98. The minimum atomic E-state index is 0. The van der Waals surface area contributed by atoms with Crippen molar-refractivity contribution in [2.45, 2.75) is 0 Å². The van der Waals surface area contributed by atoms with Crippen molar-refractivity contribution in [2.75, 3.05) is 31.1 Å². The lowest BCUT2D eigenvalue weighted by molar-refractivity contribution is 0.589. The van der Waals surface area contributed by atoms with Crippen molar-refractivity contribution >= 4 is 29.7 Å². The molecule has 0 saturated carbocycles. The molecule has 0 aliphatic carbocycles. The first-order valence-electron chi connectivity index (χ1n) is 4.44. The first-order chi connectivity index (χ1) is 6.38. The quantitative estimate of drug-likeness (QED) is 0.747. The molecule has 0 unspecified atom stereocenters. The molecule has 1 aromatic heterocycles. The summed E-state index contributed by atoms with van der Waals surface area (Å²) in [4.78, 5) is 6.31. The van der Waals surface area contributed by atoms with Gasteiger partial charge in [0, 0.05) is 32.4 Å². The van der Waals surface area contributed by atoms with Crippen molar-refractivity contribution in [1.29, 1.82) is 0 Å². The molecule has 0 bridgehead atoms. The molecule has 2 heterocycles. The number of anilines is 1. The van der Waals surface area contributed by atoms with E-state index in [0.717, 1.165) is 31.9 Å². The lowest BCUT2D eigenvalue weighted by atomic mass is 10.3. The number of pyridine rings is 1. The van der Waals surface area contributed by atoms with E-state index in [1.807, 2.05) is 12.1 Å².